The Bertz CT molecular complexity index is 146. The maximum atomic E-state index is 11.0. The van der Waals surface area contributed by atoms with Crippen molar-refractivity contribution in [2.45, 2.75) is 33.1 Å². The number of amides is 1. The van der Waals surface area contributed by atoms with Crippen LogP contribution < -0.4 is 11.1 Å². The molecule has 0 aromatic carbocycles. The van der Waals surface area contributed by atoms with E-state index in [4.69, 9.17) is 5.73 Å². The molecule has 0 aliphatic heterocycles. The highest BCUT2D eigenvalue weighted by Gasteiger charge is 2.10. The minimum Gasteiger partial charge on any atom is -0.359 e. The van der Waals surface area contributed by atoms with Crippen LogP contribution in [0.2, 0.25) is 0 Å². The first-order valence-electron chi connectivity index (χ1n) is 5.00. The first-order chi connectivity index (χ1) is 6.10. The molecule has 78 valence electrons. The molecule has 0 bridgehead atoms. The zero-order valence-electron chi connectivity index (χ0n) is 8.97. The number of nitrogens with two attached hydrogens (primary N) is 1. The number of rotatable bonds is 6. The van der Waals surface area contributed by atoms with Crippen molar-refractivity contribution in [2.24, 2.45) is 17.6 Å². The van der Waals surface area contributed by atoms with Crippen molar-refractivity contribution in [3.63, 3.8) is 0 Å². The van der Waals surface area contributed by atoms with Crippen LogP contribution in [0.4, 0.5) is 0 Å². The molecule has 0 aromatic heterocycles. The van der Waals surface area contributed by atoms with Gasteiger partial charge in [0.2, 0.25) is 5.91 Å². The lowest BCUT2D eigenvalue weighted by molar-refractivity contribution is -0.120. The van der Waals surface area contributed by atoms with Gasteiger partial charge in [0.25, 0.3) is 0 Å². The maximum absolute atomic E-state index is 11.0. The quantitative estimate of drug-likeness (QED) is 0.653. The molecule has 3 nitrogen and oxygen atoms in total. The third-order valence-electron chi connectivity index (χ3n) is 2.20. The monoisotopic (exact) mass is 186 g/mol. The molecule has 1 amide bonds. The Morgan fingerprint density at radius 3 is 2.46 bits per heavy atom. The van der Waals surface area contributed by atoms with Gasteiger partial charge in [-0.25, -0.2) is 0 Å². The molecule has 0 heterocycles. The summed E-state index contributed by atoms with van der Waals surface area (Å²) < 4.78 is 0. The molecule has 0 aliphatic rings. The summed E-state index contributed by atoms with van der Waals surface area (Å²) in [7, 11) is 1.67. The highest BCUT2D eigenvalue weighted by molar-refractivity contribution is 5.75. The lowest BCUT2D eigenvalue weighted by Crippen LogP contribution is -2.22. The first-order valence-corrected chi connectivity index (χ1v) is 5.00. The van der Waals surface area contributed by atoms with E-state index >= 15 is 0 Å². The topological polar surface area (TPSA) is 55.1 Å². The third-order valence-corrected chi connectivity index (χ3v) is 2.20. The average Bonchev–Trinajstić information content (AvgIpc) is 2.10. The number of carbonyl (C=O) groups is 1. The molecule has 13 heavy (non-hydrogen) atoms. The van der Waals surface area contributed by atoms with Crippen molar-refractivity contribution in [1.82, 2.24) is 5.32 Å². The zero-order chi connectivity index (χ0) is 10.3. The molecular formula is C10H22N2O. The fraction of sp³-hybridized carbons (Fsp3) is 0.900. The Balaban J connectivity index is 3.65. The van der Waals surface area contributed by atoms with Crippen molar-refractivity contribution in [1.29, 1.82) is 0 Å². The molecule has 0 radical (unpaired) electrons. The standard InChI is InChI=1S/C10H22N2O/c1-8(2)6-9(7-11)4-5-10(13)12-3/h8-9H,4-7,11H2,1-3H3,(H,12,13). The second kappa shape index (κ2) is 6.89. The summed E-state index contributed by atoms with van der Waals surface area (Å²) in [5.41, 5.74) is 5.62. The summed E-state index contributed by atoms with van der Waals surface area (Å²) in [6.45, 7) is 5.06. The van der Waals surface area contributed by atoms with Gasteiger partial charge in [-0.2, -0.15) is 0 Å². The highest BCUT2D eigenvalue weighted by atomic mass is 16.1. The molecular weight excluding hydrogens is 164 g/mol. The number of nitrogens with one attached hydrogen (secondary N) is 1. The van der Waals surface area contributed by atoms with Gasteiger partial charge in [0, 0.05) is 13.5 Å². The van der Waals surface area contributed by atoms with Gasteiger partial charge in [-0.15, -0.1) is 0 Å². The third kappa shape index (κ3) is 6.58. The van der Waals surface area contributed by atoms with Gasteiger partial charge in [0.05, 0.1) is 0 Å². The zero-order valence-corrected chi connectivity index (χ0v) is 8.97. The molecule has 0 aliphatic carbocycles. The normalized spacial score (nSPS) is 13.0. The molecule has 1 atom stereocenters. The fourth-order valence-corrected chi connectivity index (χ4v) is 1.46. The van der Waals surface area contributed by atoms with E-state index in [0.717, 1.165) is 12.8 Å². The van der Waals surface area contributed by atoms with Crippen molar-refractivity contribution in [3.05, 3.63) is 0 Å². The van der Waals surface area contributed by atoms with Crippen LogP contribution in [-0.2, 0) is 4.79 Å². The number of hydrogen-bond acceptors (Lipinski definition) is 2. The lowest BCUT2D eigenvalue weighted by Gasteiger charge is -2.16. The van der Waals surface area contributed by atoms with Crippen molar-refractivity contribution < 1.29 is 4.79 Å². The Hall–Kier alpha value is -0.570. The largest absolute Gasteiger partial charge is 0.359 e. The molecule has 3 heteroatoms. The van der Waals surface area contributed by atoms with Crippen molar-refractivity contribution in [3.8, 4) is 0 Å². The van der Waals surface area contributed by atoms with Gasteiger partial charge in [0.15, 0.2) is 0 Å². The first kappa shape index (κ1) is 12.4. The Kier molecular flexibility index (Phi) is 6.59. The summed E-state index contributed by atoms with van der Waals surface area (Å²) in [5, 5.41) is 2.62. The van der Waals surface area contributed by atoms with E-state index in [9.17, 15) is 4.79 Å². The fourth-order valence-electron chi connectivity index (χ4n) is 1.46. The van der Waals surface area contributed by atoms with E-state index in [0.29, 0.717) is 24.8 Å². The van der Waals surface area contributed by atoms with Crippen LogP contribution >= 0.6 is 0 Å². The van der Waals surface area contributed by atoms with Gasteiger partial charge in [-0.05, 0) is 31.2 Å². The smallest absolute Gasteiger partial charge is 0.219 e. The van der Waals surface area contributed by atoms with Crippen molar-refractivity contribution >= 4 is 5.91 Å². The Morgan fingerprint density at radius 2 is 2.08 bits per heavy atom. The van der Waals surface area contributed by atoms with E-state index in [2.05, 4.69) is 19.2 Å². The average molecular weight is 186 g/mol. The second-order valence-corrected chi connectivity index (χ2v) is 3.94. The summed E-state index contributed by atoms with van der Waals surface area (Å²) in [6.07, 6.45) is 2.63. The molecule has 0 spiro atoms. The van der Waals surface area contributed by atoms with Gasteiger partial charge in [0.1, 0.15) is 0 Å². The second-order valence-electron chi connectivity index (χ2n) is 3.94. The van der Waals surface area contributed by atoms with Gasteiger partial charge < -0.3 is 11.1 Å². The van der Waals surface area contributed by atoms with E-state index in [1.165, 1.54) is 0 Å². The molecule has 1 unspecified atom stereocenters. The lowest BCUT2D eigenvalue weighted by atomic mass is 9.93. The van der Waals surface area contributed by atoms with E-state index in [-0.39, 0.29) is 5.91 Å². The molecule has 0 saturated carbocycles. The summed E-state index contributed by atoms with van der Waals surface area (Å²) >= 11 is 0. The van der Waals surface area contributed by atoms with E-state index in [1.54, 1.807) is 7.05 Å². The molecule has 0 fully saturated rings. The molecule has 3 N–H and O–H groups in total. The van der Waals surface area contributed by atoms with Crippen LogP contribution in [0.5, 0.6) is 0 Å². The SMILES string of the molecule is CNC(=O)CCC(CN)CC(C)C. The van der Waals surface area contributed by atoms with Gasteiger partial charge in [-0.1, -0.05) is 13.8 Å². The molecule has 0 rings (SSSR count). The minimum atomic E-state index is 0.113. The Labute approximate surface area is 81.1 Å². The summed E-state index contributed by atoms with van der Waals surface area (Å²) in [6, 6.07) is 0. The number of carbonyl (C=O) groups excluding carboxylic acids is 1. The van der Waals surface area contributed by atoms with Crippen molar-refractivity contribution in [2.75, 3.05) is 13.6 Å². The van der Waals surface area contributed by atoms with Crippen LogP contribution in [-0.4, -0.2) is 19.5 Å². The molecule has 0 aromatic rings. The van der Waals surface area contributed by atoms with Crippen LogP contribution in [0.1, 0.15) is 33.1 Å². The van der Waals surface area contributed by atoms with Crippen LogP contribution in [0.3, 0.4) is 0 Å². The van der Waals surface area contributed by atoms with E-state index in [1.807, 2.05) is 0 Å². The van der Waals surface area contributed by atoms with Gasteiger partial charge in [-0.3, -0.25) is 4.79 Å². The summed E-state index contributed by atoms with van der Waals surface area (Å²) in [4.78, 5) is 11.0. The summed E-state index contributed by atoms with van der Waals surface area (Å²) in [5.74, 6) is 1.28. The van der Waals surface area contributed by atoms with Gasteiger partial charge >= 0.3 is 0 Å². The maximum Gasteiger partial charge on any atom is 0.219 e. The predicted octanol–water partition coefficient (Wildman–Crippen LogP) is 1.13. The van der Waals surface area contributed by atoms with E-state index < -0.39 is 0 Å². The van der Waals surface area contributed by atoms with Crippen LogP contribution in [0.25, 0.3) is 0 Å². The predicted molar refractivity (Wildman–Crippen MR) is 55.3 cm³/mol. The van der Waals surface area contributed by atoms with Crippen LogP contribution in [0.15, 0.2) is 0 Å². The number of hydrogen-bond donors (Lipinski definition) is 2. The Morgan fingerprint density at radius 1 is 1.46 bits per heavy atom. The minimum absolute atomic E-state index is 0.113. The molecule has 0 saturated heterocycles. The van der Waals surface area contributed by atoms with Crippen LogP contribution in [0, 0.1) is 11.8 Å². The highest BCUT2D eigenvalue weighted by Crippen LogP contribution is 2.15.